The summed E-state index contributed by atoms with van der Waals surface area (Å²) >= 11 is 5.86. The summed E-state index contributed by atoms with van der Waals surface area (Å²) < 4.78 is 10.2. The molecule has 0 radical (unpaired) electrons. The number of benzene rings is 1. The largest absolute Gasteiger partial charge is 0.494 e. The Balaban J connectivity index is 2.29. The van der Waals surface area contributed by atoms with E-state index in [2.05, 4.69) is 0 Å². The van der Waals surface area contributed by atoms with E-state index in [0.717, 1.165) is 4.90 Å². The summed E-state index contributed by atoms with van der Waals surface area (Å²) in [6.07, 6.45) is 1.19. The summed E-state index contributed by atoms with van der Waals surface area (Å²) in [5, 5.41) is 9.35. The van der Waals surface area contributed by atoms with E-state index in [-0.39, 0.29) is 12.4 Å². The number of anilines is 1. The summed E-state index contributed by atoms with van der Waals surface area (Å²) in [5.74, 6) is -1.76. The SMILES string of the molecule is O=C(O)CN(C(=O)C1=COCCO1)c1cccc(Cl)c1. The number of rotatable bonds is 4. The zero-order chi connectivity index (χ0) is 14.5. The molecule has 0 fully saturated rings. The van der Waals surface area contributed by atoms with E-state index in [4.69, 9.17) is 26.2 Å². The van der Waals surface area contributed by atoms with E-state index in [9.17, 15) is 9.59 Å². The Labute approximate surface area is 120 Å². The monoisotopic (exact) mass is 297 g/mol. The maximum absolute atomic E-state index is 12.3. The van der Waals surface area contributed by atoms with Crippen molar-refractivity contribution >= 4 is 29.2 Å². The minimum absolute atomic E-state index is 0.0301. The molecule has 0 saturated heterocycles. The molecular formula is C13H12ClNO5. The lowest BCUT2D eigenvalue weighted by Crippen LogP contribution is -2.38. The van der Waals surface area contributed by atoms with E-state index in [1.807, 2.05) is 0 Å². The first kappa shape index (κ1) is 14.2. The first-order valence-corrected chi connectivity index (χ1v) is 6.19. The summed E-state index contributed by atoms with van der Waals surface area (Å²) in [6, 6.07) is 6.37. The van der Waals surface area contributed by atoms with Crippen LogP contribution >= 0.6 is 11.6 Å². The summed E-state index contributed by atoms with van der Waals surface area (Å²) in [7, 11) is 0. The highest BCUT2D eigenvalue weighted by atomic mass is 35.5. The molecule has 6 nitrogen and oxygen atoms in total. The fourth-order valence-corrected chi connectivity index (χ4v) is 1.86. The predicted octanol–water partition coefficient (Wildman–Crippen LogP) is 1.65. The lowest BCUT2D eigenvalue weighted by molar-refractivity contribution is -0.136. The fourth-order valence-electron chi connectivity index (χ4n) is 1.67. The number of nitrogens with zero attached hydrogens (tertiary/aromatic N) is 1. The highest BCUT2D eigenvalue weighted by molar-refractivity contribution is 6.31. The van der Waals surface area contributed by atoms with Gasteiger partial charge in [-0.1, -0.05) is 17.7 Å². The molecule has 106 valence electrons. The highest BCUT2D eigenvalue weighted by Gasteiger charge is 2.25. The third-order valence-electron chi connectivity index (χ3n) is 2.52. The molecule has 20 heavy (non-hydrogen) atoms. The van der Waals surface area contributed by atoms with Crippen molar-refractivity contribution in [3.05, 3.63) is 41.3 Å². The first-order valence-electron chi connectivity index (χ1n) is 5.82. The third-order valence-corrected chi connectivity index (χ3v) is 2.75. The van der Waals surface area contributed by atoms with Crippen LogP contribution in [0.5, 0.6) is 0 Å². The number of carboxylic acids is 1. The lowest BCUT2D eigenvalue weighted by atomic mass is 10.2. The number of aliphatic carboxylic acids is 1. The van der Waals surface area contributed by atoms with Gasteiger partial charge in [-0.25, -0.2) is 0 Å². The number of carboxylic acid groups (broad SMARTS) is 1. The van der Waals surface area contributed by atoms with Gasteiger partial charge in [0.2, 0.25) is 5.76 Å². The minimum Gasteiger partial charge on any atom is -0.494 e. The standard InChI is InChI=1S/C13H12ClNO5/c14-9-2-1-3-10(6-9)15(7-12(16)17)13(18)11-8-19-4-5-20-11/h1-3,6,8H,4-5,7H2,(H,16,17). The molecule has 0 spiro atoms. The van der Waals surface area contributed by atoms with Crippen LogP contribution in [0.15, 0.2) is 36.3 Å². The molecule has 0 saturated carbocycles. The van der Waals surface area contributed by atoms with Crippen molar-refractivity contribution in [1.29, 1.82) is 0 Å². The first-order chi connectivity index (χ1) is 9.58. The Morgan fingerprint density at radius 3 is 2.75 bits per heavy atom. The number of carbonyl (C=O) groups excluding carboxylic acids is 1. The van der Waals surface area contributed by atoms with Gasteiger partial charge in [0.1, 0.15) is 26.0 Å². The average Bonchev–Trinajstić information content (AvgIpc) is 2.45. The predicted molar refractivity (Wildman–Crippen MR) is 71.4 cm³/mol. The molecule has 1 aliphatic rings. The van der Waals surface area contributed by atoms with Crippen molar-refractivity contribution in [1.82, 2.24) is 0 Å². The minimum atomic E-state index is -1.14. The van der Waals surface area contributed by atoms with Crippen LogP contribution in [0.25, 0.3) is 0 Å². The third kappa shape index (κ3) is 3.42. The van der Waals surface area contributed by atoms with Gasteiger partial charge < -0.3 is 14.6 Å². The number of hydrogen-bond donors (Lipinski definition) is 1. The molecule has 0 atom stereocenters. The molecule has 1 heterocycles. The molecule has 2 rings (SSSR count). The quantitative estimate of drug-likeness (QED) is 0.914. The van der Waals surface area contributed by atoms with E-state index in [1.54, 1.807) is 18.2 Å². The Kier molecular flexibility index (Phi) is 4.47. The molecule has 0 aliphatic carbocycles. The zero-order valence-electron chi connectivity index (χ0n) is 10.4. The molecule has 1 amide bonds. The molecule has 0 bridgehead atoms. The van der Waals surface area contributed by atoms with E-state index in [1.165, 1.54) is 12.3 Å². The Morgan fingerprint density at radius 2 is 2.15 bits per heavy atom. The number of amides is 1. The topological polar surface area (TPSA) is 76.1 Å². The van der Waals surface area contributed by atoms with Crippen LogP contribution in [-0.4, -0.2) is 36.7 Å². The summed E-state index contributed by atoms with van der Waals surface area (Å²) in [6.45, 7) is 0.0980. The number of carbonyl (C=O) groups is 2. The molecule has 7 heteroatoms. The Bertz CT molecular complexity index is 557. The molecular weight excluding hydrogens is 286 g/mol. The van der Waals surface area contributed by atoms with Gasteiger partial charge in [0, 0.05) is 10.7 Å². The van der Waals surface area contributed by atoms with Crippen molar-refractivity contribution in [3.63, 3.8) is 0 Å². The van der Waals surface area contributed by atoms with Gasteiger partial charge in [0.25, 0.3) is 5.91 Å². The van der Waals surface area contributed by atoms with Crippen LogP contribution in [0.2, 0.25) is 5.02 Å². The second-order valence-electron chi connectivity index (χ2n) is 3.97. The smallest absolute Gasteiger partial charge is 0.323 e. The van der Waals surface area contributed by atoms with Crippen LogP contribution in [0, 0.1) is 0 Å². The van der Waals surface area contributed by atoms with Crippen LogP contribution in [0.3, 0.4) is 0 Å². The number of ether oxygens (including phenoxy) is 2. The fraction of sp³-hybridized carbons (Fsp3) is 0.231. The second kappa shape index (κ2) is 6.29. The molecule has 1 aromatic rings. The number of hydrogen-bond acceptors (Lipinski definition) is 4. The number of halogens is 1. The maximum Gasteiger partial charge on any atom is 0.323 e. The van der Waals surface area contributed by atoms with Crippen LogP contribution in [0.1, 0.15) is 0 Å². The van der Waals surface area contributed by atoms with E-state index < -0.39 is 18.4 Å². The van der Waals surface area contributed by atoms with E-state index >= 15 is 0 Å². The molecule has 1 aromatic carbocycles. The van der Waals surface area contributed by atoms with Crippen molar-refractivity contribution in [2.24, 2.45) is 0 Å². The summed E-state index contributed by atoms with van der Waals surface area (Å²) in [4.78, 5) is 24.3. The molecule has 1 N–H and O–H groups in total. The Morgan fingerprint density at radius 1 is 1.35 bits per heavy atom. The Hall–Kier alpha value is -2.21. The molecule has 0 unspecified atom stereocenters. The maximum atomic E-state index is 12.3. The van der Waals surface area contributed by atoms with Crippen LogP contribution in [-0.2, 0) is 19.1 Å². The average molecular weight is 298 g/mol. The van der Waals surface area contributed by atoms with Crippen molar-refractivity contribution in [2.75, 3.05) is 24.7 Å². The van der Waals surface area contributed by atoms with E-state index in [0.29, 0.717) is 17.3 Å². The lowest BCUT2D eigenvalue weighted by Gasteiger charge is -2.23. The van der Waals surface area contributed by atoms with Gasteiger partial charge in [-0.15, -0.1) is 0 Å². The highest BCUT2D eigenvalue weighted by Crippen LogP contribution is 2.22. The van der Waals surface area contributed by atoms with Crippen molar-refractivity contribution < 1.29 is 24.2 Å². The molecule has 1 aliphatic heterocycles. The second-order valence-corrected chi connectivity index (χ2v) is 4.40. The van der Waals surface area contributed by atoms with Gasteiger partial charge in [-0.05, 0) is 18.2 Å². The van der Waals surface area contributed by atoms with Crippen LogP contribution in [0.4, 0.5) is 5.69 Å². The molecule has 0 aromatic heterocycles. The van der Waals surface area contributed by atoms with Crippen LogP contribution < -0.4 is 4.90 Å². The zero-order valence-corrected chi connectivity index (χ0v) is 11.2. The normalized spacial score (nSPS) is 13.8. The van der Waals surface area contributed by atoms with Gasteiger partial charge in [0.15, 0.2) is 0 Å². The van der Waals surface area contributed by atoms with Gasteiger partial charge in [-0.3, -0.25) is 14.5 Å². The van der Waals surface area contributed by atoms with Gasteiger partial charge in [-0.2, -0.15) is 0 Å². The van der Waals surface area contributed by atoms with Gasteiger partial charge in [0.05, 0.1) is 0 Å². The van der Waals surface area contributed by atoms with Crippen molar-refractivity contribution in [3.8, 4) is 0 Å². The summed E-state index contributed by atoms with van der Waals surface area (Å²) in [5.41, 5.74) is 0.375. The van der Waals surface area contributed by atoms with Crippen molar-refractivity contribution in [2.45, 2.75) is 0 Å². The van der Waals surface area contributed by atoms with Gasteiger partial charge >= 0.3 is 5.97 Å².